The third kappa shape index (κ3) is 4.10. The number of nitrogens with zero attached hydrogens (tertiary/aromatic N) is 2. The highest BCUT2D eigenvalue weighted by molar-refractivity contribution is 7.99. The number of halogens is 1. The molecule has 1 aliphatic heterocycles. The van der Waals surface area contributed by atoms with Crippen LogP contribution in [-0.4, -0.2) is 24.4 Å². The molecule has 0 saturated carbocycles. The first-order chi connectivity index (χ1) is 14.5. The van der Waals surface area contributed by atoms with E-state index in [1.54, 1.807) is 41.1 Å². The number of nitrogens with one attached hydrogen (secondary N) is 1. The van der Waals surface area contributed by atoms with Crippen LogP contribution in [0.5, 0.6) is 0 Å². The highest BCUT2D eigenvalue weighted by Crippen LogP contribution is 2.48. The van der Waals surface area contributed by atoms with Gasteiger partial charge in [0.25, 0.3) is 5.91 Å². The Morgan fingerprint density at radius 1 is 1.03 bits per heavy atom. The summed E-state index contributed by atoms with van der Waals surface area (Å²) >= 11 is 7.70. The standard InChI is InChI=1S/C23H18ClN3O2S/c1-15(28)16-10-11-22-20(12-16)27(19-8-4-5-9-21(19)30-22)23(29)14-26-25-13-17-6-2-3-7-18(17)24/h2-13,26H,14H2,1H3/b25-13+. The predicted octanol–water partition coefficient (Wildman–Crippen LogP) is 5.30. The van der Waals surface area contributed by atoms with Gasteiger partial charge in [-0.3, -0.25) is 14.5 Å². The number of rotatable bonds is 5. The van der Waals surface area contributed by atoms with Crippen LogP contribution in [-0.2, 0) is 4.79 Å². The van der Waals surface area contributed by atoms with Gasteiger partial charge in [0.2, 0.25) is 0 Å². The fourth-order valence-electron chi connectivity index (χ4n) is 3.13. The summed E-state index contributed by atoms with van der Waals surface area (Å²) in [6.45, 7) is 1.51. The fraction of sp³-hybridized carbons (Fsp3) is 0.0870. The van der Waals surface area contributed by atoms with Gasteiger partial charge in [-0.2, -0.15) is 5.10 Å². The number of carbonyl (C=O) groups is 2. The first-order valence-corrected chi connectivity index (χ1v) is 10.5. The molecule has 150 valence electrons. The third-order valence-electron chi connectivity index (χ3n) is 4.61. The SMILES string of the molecule is CC(=O)c1ccc2c(c1)N(C(=O)CN/N=C/c1ccccc1Cl)c1ccccc1S2. The molecule has 1 heterocycles. The molecule has 3 aromatic rings. The van der Waals surface area contributed by atoms with Crippen molar-refractivity contribution in [3.05, 3.63) is 82.9 Å². The van der Waals surface area contributed by atoms with E-state index in [0.29, 0.717) is 16.3 Å². The molecule has 0 spiro atoms. The molecule has 4 rings (SSSR count). The molecule has 7 heteroatoms. The van der Waals surface area contributed by atoms with Crippen LogP contribution in [0.3, 0.4) is 0 Å². The van der Waals surface area contributed by atoms with Gasteiger partial charge in [-0.25, -0.2) is 0 Å². The zero-order valence-electron chi connectivity index (χ0n) is 16.1. The minimum absolute atomic E-state index is 0.0102. The van der Waals surface area contributed by atoms with E-state index in [0.717, 1.165) is 21.0 Å². The Morgan fingerprint density at radius 3 is 2.57 bits per heavy atom. The van der Waals surface area contributed by atoms with Crippen molar-refractivity contribution in [1.29, 1.82) is 0 Å². The number of anilines is 2. The molecule has 0 fully saturated rings. The minimum Gasteiger partial charge on any atom is -0.301 e. The first-order valence-electron chi connectivity index (χ1n) is 9.30. The van der Waals surface area contributed by atoms with Gasteiger partial charge >= 0.3 is 0 Å². The van der Waals surface area contributed by atoms with E-state index in [2.05, 4.69) is 10.5 Å². The Bertz CT molecular complexity index is 1160. The van der Waals surface area contributed by atoms with E-state index >= 15 is 0 Å². The Hall–Kier alpha value is -3.09. The van der Waals surface area contributed by atoms with E-state index in [9.17, 15) is 9.59 Å². The zero-order chi connectivity index (χ0) is 21.1. The average Bonchev–Trinajstić information content (AvgIpc) is 2.75. The van der Waals surface area contributed by atoms with Crippen molar-refractivity contribution in [3.8, 4) is 0 Å². The largest absolute Gasteiger partial charge is 0.301 e. The number of para-hydroxylation sites is 1. The molecule has 0 unspecified atom stereocenters. The lowest BCUT2D eigenvalue weighted by molar-refractivity contribution is -0.117. The van der Waals surface area contributed by atoms with Crippen molar-refractivity contribution in [3.63, 3.8) is 0 Å². The second-order valence-electron chi connectivity index (χ2n) is 6.65. The number of benzene rings is 3. The topological polar surface area (TPSA) is 61.8 Å². The van der Waals surface area contributed by atoms with Gasteiger partial charge in [0.1, 0.15) is 6.54 Å². The van der Waals surface area contributed by atoms with Crippen LogP contribution in [0.25, 0.3) is 0 Å². The molecule has 5 nitrogen and oxygen atoms in total. The molecule has 3 aromatic carbocycles. The maximum absolute atomic E-state index is 13.2. The number of fused-ring (bicyclic) bond motifs is 2. The number of hydrogen-bond donors (Lipinski definition) is 1. The van der Waals surface area contributed by atoms with E-state index in [1.165, 1.54) is 6.92 Å². The van der Waals surface area contributed by atoms with Gasteiger partial charge in [-0.15, -0.1) is 0 Å². The summed E-state index contributed by atoms with van der Waals surface area (Å²) in [6.07, 6.45) is 1.58. The van der Waals surface area contributed by atoms with Gasteiger partial charge < -0.3 is 5.43 Å². The Balaban J connectivity index is 1.59. The van der Waals surface area contributed by atoms with Gasteiger partial charge in [0.05, 0.1) is 17.6 Å². The van der Waals surface area contributed by atoms with Gasteiger partial charge in [0.15, 0.2) is 5.78 Å². The molecular formula is C23H18ClN3O2S. The van der Waals surface area contributed by atoms with Crippen LogP contribution in [0.15, 0.2) is 81.6 Å². The second kappa shape index (κ2) is 8.73. The molecule has 1 aliphatic rings. The molecule has 30 heavy (non-hydrogen) atoms. The number of amides is 1. The van der Waals surface area contributed by atoms with Crippen molar-refractivity contribution in [2.24, 2.45) is 5.10 Å². The highest BCUT2D eigenvalue weighted by atomic mass is 35.5. The summed E-state index contributed by atoms with van der Waals surface area (Å²) in [4.78, 5) is 28.6. The molecular weight excluding hydrogens is 418 g/mol. The van der Waals surface area contributed by atoms with Crippen LogP contribution < -0.4 is 10.3 Å². The smallest absolute Gasteiger partial charge is 0.252 e. The van der Waals surface area contributed by atoms with Gasteiger partial charge in [-0.05, 0) is 37.3 Å². The van der Waals surface area contributed by atoms with Crippen LogP contribution >= 0.6 is 23.4 Å². The predicted molar refractivity (Wildman–Crippen MR) is 121 cm³/mol. The number of ketones is 1. The van der Waals surface area contributed by atoms with Crippen molar-refractivity contribution < 1.29 is 9.59 Å². The van der Waals surface area contributed by atoms with Crippen LogP contribution in [0.1, 0.15) is 22.8 Å². The van der Waals surface area contributed by atoms with Crippen LogP contribution in [0.4, 0.5) is 11.4 Å². The van der Waals surface area contributed by atoms with Gasteiger partial charge in [-0.1, -0.05) is 59.8 Å². The third-order valence-corrected chi connectivity index (χ3v) is 6.09. The normalized spacial score (nSPS) is 12.4. The molecule has 0 bridgehead atoms. The molecule has 0 radical (unpaired) electrons. The summed E-state index contributed by atoms with van der Waals surface area (Å²) in [5, 5.41) is 4.71. The molecule has 0 saturated heterocycles. The van der Waals surface area contributed by atoms with Crippen molar-refractivity contribution >= 4 is 52.6 Å². The number of hydrazone groups is 1. The Morgan fingerprint density at radius 2 is 1.77 bits per heavy atom. The van der Waals surface area contributed by atoms with Crippen LogP contribution in [0, 0.1) is 0 Å². The van der Waals surface area contributed by atoms with Crippen molar-refractivity contribution in [1.82, 2.24) is 5.43 Å². The number of carbonyl (C=O) groups excluding carboxylic acids is 2. The lowest BCUT2D eigenvalue weighted by Crippen LogP contribution is -2.35. The quantitative estimate of drug-likeness (QED) is 0.336. The molecule has 1 N–H and O–H groups in total. The minimum atomic E-state index is -0.180. The summed E-state index contributed by atoms with van der Waals surface area (Å²) in [5.74, 6) is -0.225. The maximum Gasteiger partial charge on any atom is 0.252 e. The second-order valence-corrected chi connectivity index (χ2v) is 8.14. The van der Waals surface area contributed by atoms with Gasteiger partial charge in [0, 0.05) is 25.9 Å². The van der Waals surface area contributed by atoms with Crippen molar-refractivity contribution in [2.75, 3.05) is 11.4 Å². The molecule has 1 amide bonds. The first kappa shape index (κ1) is 20.2. The zero-order valence-corrected chi connectivity index (χ0v) is 17.7. The van der Waals surface area contributed by atoms with E-state index in [4.69, 9.17) is 11.6 Å². The maximum atomic E-state index is 13.2. The lowest BCUT2D eigenvalue weighted by atomic mass is 10.1. The Kier molecular flexibility index (Phi) is 5.88. The van der Waals surface area contributed by atoms with E-state index in [-0.39, 0.29) is 18.2 Å². The summed E-state index contributed by atoms with van der Waals surface area (Å²) in [6, 6.07) is 20.5. The lowest BCUT2D eigenvalue weighted by Gasteiger charge is -2.31. The Labute approximate surface area is 183 Å². The molecule has 0 atom stereocenters. The van der Waals surface area contributed by atoms with Crippen LogP contribution in [0.2, 0.25) is 5.02 Å². The van der Waals surface area contributed by atoms with Crippen molar-refractivity contribution in [2.45, 2.75) is 16.7 Å². The summed E-state index contributed by atoms with van der Waals surface area (Å²) in [5.41, 5.74) is 5.62. The summed E-state index contributed by atoms with van der Waals surface area (Å²) < 4.78 is 0. The van der Waals surface area contributed by atoms with E-state index in [1.807, 2.05) is 48.5 Å². The summed E-state index contributed by atoms with van der Waals surface area (Å²) in [7, 11) is 0. The fourth-order valence-corrected chi connectivity index (χ4v) is 4.35. The average molecular weight is 436 g/mol. The monoisotopic (exact) mass is 435 g/mol. The molecule has 0 aromatic heterocycles. The molecule has 0 aliphatic carbocycles. The number of Topliss-reactive ketones (excluding diaryl/α,β-unsaturated/α-hetero) is 1. The number of hydrogen-bond acceptors (Lipinski definition) is 5. The highest BCUT2D eigenvalue weighted by Gasteiger charge is 2.28. The van der Waals surface area contributed by atoms with E-state index < -0.39 is 0 Å².